The van der Waals surface area contributed by atoms with E-state index in [-0.39, 0.29) is 28.6 Å². The van der Waals surface area contributed by atoms with Gasteiger partial charge in [-0.3, -0.25) is 4.79 Å². The molecule has 92 valence electrons. The van der Waals surface area contributed by atoms with E-state index in [1.54, 1.807) is 0 Å². The molecule has 5 heteroatoms. The van der Waals surface area contributed by atoms with Crippen LogP contribution in [0.4, 0.5) is 4.39 Å². The molecular weight excluding hydrogens is 243 g/mol. The minimum absolute atomic E-state index is 0.0829. The lowest BCUT2D eigenvalue weighted by atomic mass is 10.1. The molecule has 0 spiro atoms. The summed E-state index contributed by atoms with van der Waals surface area (Å²) in [7, 11) is 0. The maximum atomic E-state index is 13.1. The topological polar surface area (TPSA) is 55.1 Å². The van der Waals surface area contributed by atoms with Gasteiger partial charge in [0.2, 0.25) is 0 Å². The first kappa shape index (κ1) is 12.3. The van der Waals surface area contributed by atoms with Crippen LogP contribution in [-0.2, 0) is 0 Å². The van der Waals surface area contributed by atoms with Gasteiger partial charge < -0.3 is 11.1 Å². The quantitative estimate of drug-likeness (QED) is 0.851. The summed E-state index contributed by atoms with van der Waals surface area (Å²) in [5, 5.41) is 3.06. The van der Waals surface area contributed by atoms with Crippen molar-refractivity contribution in [1.29, 1.82) is 0 Å². The van der Waals surface area contributed by atoms with Crippen molar-refractivity contribution in [1.82, 2.24) is 5.32 Å². The van der Waals surface area contributed by atoms with Crippen molar-refractivity contribution in [2.45, 2.75) is 31.3 Å². The molecule has 1 fully saturated rings. The maximum Gasteiger partial charge on any atom is 0.251 e. The number of benzene rings is 1. The van der Waals surface area contributed by atoms with E-state index < -0.39 is 5.82 Å². The van der Waals surface area contributed by atoms with Crippen LogP contribution >= 0.6 is 11.6 Å². The third-order valence-electron chi connectivity index (χ3n) is 2.93. The lowest BCUT2D eigenvalue weighted by Gasteiger charge is -2.12. The van der Waals surface area contributed by atoms with E-state index in [4.69, 9.17) is 17.3 Å². The van der Waals surface area contributed by atoms with Crippen LogP contribution in [0.1, 0.15) is 29.6 Å². The molecule has 1 aliphatic rings. The third kappa shape index (κ3) is 3.17. The lowest BCUT2D eigenvalue weighted by molar-refractivity contribution is 0.0937. The Labute approximate surface area is 104 Å². The zero-order valence-electron chi connectivity index (χ0n) is 9.25. The highest BCUT2D eigenvalue weighted by molar-refractivity contribution is 6.31. The van der Waals surface area contributed by atoms with Crippen LogP contribution in [0.25, 0.3) is 0 Å². The number of hydrogen-bond donors (Lipinski definition) is 2. The van der Waals surface area contributed by atoms with Crippen LogP contribution in [0, 0.1) is 5.82 Å². The number of nitrogens with two attached hydrogens (primary N) is 1. The van der Waals surface area contributed by atoms with Gasteiger partial charge in [-0.15, -0.1) is 0 Å². The fourth-order valence-electron chi connectivity index (χ4n) is 2.10. The smallest absolute Gasteiger partial charge is 0.251 e. The molecule has 1 aromatic carbocycles. The van der Waals surface area contributed by atoms with Gasteiger partial charge in [0.1, 0.15) is 5.82 Å². The Bertz CT molecular complexity index is 418. The largest absolute Gasteiger partial charge is 0.349 e. The minimum atomic E-state index is -0.509. The van der Waals surface area contributed by atoms with E-state index in [9.17, 15) is 9.18 Å². The average Bonchev–Trinajstić information content (AvgIpc) is 2.62. The van der Waals surface area contributed by atoms with Crippen LogP contribution < -0.4 is 11.1 Å². The average molecular weight is 257 g/mol. The van der Waals surface area contributed by atoms with Crippen molar-refractivity contribution < 1.29 is 9.18 Å². The fraction of sp³-hybridized carbons (Fsp3) is 0.417. The predicted octanol–water partition coefficient (Wildman–Crippen LogP) is 2.09. The van der Waals surface area contributed by atoms with Crippen LogP contribution in [0.2, 0.25) is 5.02 Å². The standard InChI is InChI=1S/C12H14ClFN2O/c13-8-3-7(4-9(14)5-8)12(17)16-11-2-1-10(15)6-11/h3-5,10-11H,1-2,6,15H2,(H,16,17). The molecule has 0 heterocycles. The Hall–Kier alpha value is -1.13. The third-order valence-corrected chi connectivity index (χ3v) is 3.15. The second kappa shape index (κ2) is 5.02. The van der Waals surface area contributed by atoms with E-state index in [0.717, 1.165) is 19.3 Å². The van der Waals surface area contributed by atoms with E-state index >= 15 is 0 Å². The summed E-state index contributed by atoms with van der Waals surface area (Å²) in [6.07, 6.45) is 2.56. The number of carbonyl (C=O) groups excluding carboxylic acids is 1. The highest BCUT2D eigenvalue weighted by atomic mass is 35.5. The first-order valence-corrected chi connectivity index (χ1v) is 5.95. The van der Waals surface area contributed by atoms with E-state index in [1.165, 1.54) is 18.2 Å². The number of halogens is 2. The molecule has 17 heavy (non-hydrogen) atoms. The highest BCUT2D eigenvalue weighted by Crippen LogP contribution is 2.19. The molecule has 2 unspecified atom stereocenters. The Morgan fingerprint density at radius 1 is 1.41 bits per heavy atom. The van der Waals surface area contributed by atoms with Crippen molar-refractivity contribution in [3.8, 4) is 0 Å². The molecule has 0 saturated heterocycles. The molecule has 1 saturated carbocycles. The van der Waals surface area contributed by atoms with Gasteiger partial charge in [0.25, 0.3) is 5.91 Å². The van der Waals surface area contributed by atoms with Gasteiger partial charge in [-0.25, -0.2) is 4.39 Å². The van der Waals surface area contributed by atoms with Crippen molar-refractivity contribution in [3.05, 3.63) is 34.6 Å². The zero-order chi connectivity index (χ0) is 12.4. The number of rotatable bonds is 2. The van der Waals surface area contributed by atoms with Gasteiger partial charge in [0, 0.05) is 22.7 Å². The van der Waals surface area contributed by atoms with Crippen LogP contribution in [-0.4, -0.2) is 18.0 Å². The number of carbonyl (C=O) groups is 1. The minimum Gasteiger partial charge on any atom is -0.349 e. The molecule has 1 aromatic rings. The van der Waals surface area contributed by atoms with E-state index in [0.29, 0.717) is 0 Å². The normalized spacial score (nSPS) is 23.7. The first-order chi connectivity index (χ1) is 8.04. The summed E-state index contributed by atoms with van der Waals surface area (Å²) in [6.45, 7) is 0. The Morgan fingerprint density at radius 2 is 2.18 bits per heavy atom. The summed E-state index contributed by atoms with van der Waals surface area (Å²) in [5.74, 6) is -0.809. The van der Waals surface area contributed by atoms with Gasteiger partial charge in [-0.05, 0) is 37.5 Å². The monoisotopic (exact) mass is 256 g/mol. The first-order valence-electron chi connectivity index (χ1n) is 5.57. The van der Waals surface area contributed by atoms with Crippen molar-refractivity contribution in [3.63, 3.8) is 0 Å². The summed E-state index contributed by atoms with van der Waals surface area (Å²) in [4.78, 5) is 11.8. The summed E-state index contributed by atoms with van der Waals surface area (Å²) in [6, 6.07) is 4.03. The molecule has 0 aromatic heterocycles. The second-order valence-electron chi connectivity index (χ2n) is 4.40. The molecule has 2 rings (SSSR count). The van der Waals surface area contributed by atoms with Gasteiger partial charge in [-0.2, -0.15) is 0 Å². The molecule has 0 bridgehead atoms. The Balaban J connectivity index is 2.04. The van der Waals surface area contributed by atoms with E-state index in [1.807, 2.05) is 0 Å². The highest BCUT2D eigenvalue weighted by Gasteiger charge is 2.23. The summed E-state index contributed by atoms with van der Waals surface area (Å²) >= 11 is 5.69. The lowest BCUT2D eigenvalue weighted by Crippen LogP contribution is -2.34. The zero-order valence-corrected chi connectivity index (χ0v) is 10.0. The van der Waals surface area contributed by atoms with Crippen LogP contribution in [0.5, 0.6) is 0 Å². The van der Waals surface area contributed by atoms with Crippen molar-refractivity contribution >= 4 is 17.5 Å². The van der Waals surface area contributed by atoms with Crippen molar-refractivity contribution in [2.75, 3.05) is 0 Å². The molecule has 0 aliphatic heterocycles. The van der Waals surface area contributed by atoms with Crippen molar-refractivity contribution in [2.24, 2.45) is 5.73 Å². The predicted molar refractivity (Wildman–Crippen MR) is 64.5 cm³/mol. The number of hydrogen-bond acceptors (Lipinski definition) is 2. The molecule has 1 amide bonds. The van der Waals surface area contributed by atoms with Gasteiger partial charge in [-0.1, -0.05) is 11.6 Å². The van der Waals surface area contributed by atoms with Crippen LogP contribution in [0.3, 0.4) is 0 Å². The SMILES string of the molecule is NC1CCC(NC(=O)c2cc(F)cc(Cl)c2)C1. The molecule has 3 nitrogen and oxygen atoms in total. The fourth-order valence-corrected chi connectivity index (χ4v) is 2.32. The second-order valence-corrected chi connectivity index (χ2v) is 4.84. The summed E-state index contributed by atoms with van der Waals surface area (Å²) in [5.41, 5.74) is 6.00. The molecule has 0 radical (unpaired) electrons. The number of nitrogens with one attached hydrogen (secondary N) is 1. The van der Waals surface area contributed by atoms with Gasteiger partial charge >= 0.3 is 0 Å². The Kier molecular flexibility index (Phi) is 3.64. The summed E-state index contributed by atoms with van der Waals surface area (Å²) < 4.78 is 13.1. The van der Waals surface area contributed by atoms with E-state index in [2.05, 4.69) is 5.32 Å². The van der Waals surface area contributed by atoms with Gasteiger partial charge in [0.05, 0.1) is 0 Å². The molecule has 1 aliphatic carbocycles. The molecular formula is C12H14ClFN2O. The number of amides is 1. The maximum absolute atomic E-state index is 13.1. The molecule has 2 atom stereocenters. The van der Waals surface area contributed by atoms with Crippen LogP contribution in [0.15, 0.2) is 18.2 Å². The Morgan fingerprint density at radius 3 is 2.76 bits per heavy atom. The van der Waals surface area contributed by atoms with Gasteiger partial charge in [0.15, 0.2) is 0 Å². The molecule has 3 N–H and O–H groups in total.